The molecule has 0 bridgehead atoms. The third-order valence-corrected chi connectivity index (χ3v) is 3.03. The zero-order chi connectivity index (χ0) is 14.6. The van der Waals surface area contributed by atoms with E-state index in [1.807, 2.05) is 6.07 Å². The van der Waals surface area contributed by atoms with Gasteiger partial charge in [0.05, 0.1) is 5.56 Å². The predicted octanol–water partition coefficient (Wildman–Crippen LogP) is 2.43. The normalized spacial score (nSPS) is 20.6. The zero-order valence-electron chi connectivity index (χ0n) is 11.4. The van der Waals surface area contributed by atoms with Crippen molar-refractivity contribution in [3.8, 4) is 0 Å². The smallest absolute Gasteiger partial charge is 0.338 e. The van der Waals surface area contributed by atoms with E-state index >= 15 is 0 Å². The van der Waals surface area contributed by atoms with Gasteiger partial charge in [-0.05, 0) is 12.1 Å². The fraction of sp³-hybridized carbons (Fsp3) is 0.333. The summed E-state index contributed by atoms with van der Waals surface area (Å²) in [5.74, 6) is -1.62. The van der Waals surface area contributed by atoms with Crippen LogP contribution in [-0.4, -0.2) is 24.1 Å². The Hall–Kier alpha value is -2.30. The molecule has 20 heavy (non-hydrogen) atoms. The van der Waals surface area contributed by atoms with Crippen LogP contribution in [0.5, 0.6) is 0 Å². The third kappa shape index (κ3) is 2.82. The van der Waals surface area contributed by atoms with Crippen molar-refractivity contribution in [1.29, 1.82) is 0 Å². The van der Waals surface area contributed by atoms with E-state index in [9.17, 15) is 9.59 Å². The maximum atomic E-state index is 11.8. The summed E-state index contributed by atoms with van der Waals surface area (Å²) >= 11 is 0. The van der Waals surface area contributed by atoms with Gasteiger partial charge in [-0.2, -0.15) is 0 Å². The first-order valence-corrected chi connectivity index (χ1v) is 6.36. The van der Waals surface area contributed by atoms with Gasteiger partial charge in [-0.3, -0.25) is 4.79 Å². The van der Waals surface area contributed by atoms with Crippen LogP contribution in [-0.2, 0) is 19.0 Å². The van der Waals surface area contributed by atoms with Crippen molar-refractivity contribution in [2.75, 3.05) is 6.61 Å². The highest BCUT2D eigenvalue weighted by atomic mass is 16.7. The van der Waals surface area contributed by atoms with E-state index in [1.165, 1.54) is 13.2 Å². The summed E-state index contributed by atoms with van der Waals surface area (Å²) in [5.41, 5.74) is 0.459. The summed E-state index contributed by atoms with van der Waals surface area (Å²) < 4.78 is 15.8. The standard InChI is InChI=1S/C15H16O5/c1-3-15(11(2)16)19-10-13(20-15)9-18-14(17)12-7-5-4-6-8-12/h4-8,10H,3,9H2,1-2H3/t15-/m1/s1. The summed E-state index contributed by atoms with van der Waals surface area (Å²) in [6.07, 6.45) is 1.71. The van der Waals surface area contributed by atoms with E-state index in [2.05, 4.69) is 0 Å². The van der Waals surface area contributed by atoms with Crippen molar-refractivity contribution >= 4 is 11.8 Å². The maximum Gasteiger partial charge on any atom is 0.338 e. The largest absolute Gasteiger partial charge is 0.454 e. The Labute approximate surface area is 117 Å². The van der Waals surface area contributed by atoms with Crippen LogP contribution in [0.3, 0.4) is 0 Å². The Morgan fingerprint density at radius 3 is 2.50 bits per heavy atom. The number of Topliss-reactive ketones (excluding diaryl/α,β-unsaturated/α-hetero) is 1. The molecule has 5 heteroatoms. The Bertz CT molecular complexity index is 534. The molecule has 0 amide bonds. The number of rotatable bonds is 5. The molecular weight excluding hydrogens is 260 g/mol. The predicted molar refractivity (Wildman–Crippen MR) is 70.7 cm³/mol. The summed E-state index contributed by atoms with van der Waals surface area (Å²) in [5, 5.41) is 0. The molecule has 0 fully saturated rings. The van der Waals surface area contributed by atoms with Crippen LogP contribution in [0.4, 0.5) is 0 Å². The molecular formula is C15H16O5. The molecule has 1 aliphatic heterocycles. The summed E-state index contributed by atoms with van der Waals surface area (Å²) in [6.45, 7) is 3.12. The number of ketones is 1. The number of carbonyl (C=O) groups excluding carboxylic acids is 2. The van der Waals surface area contributed by atoms with E-state index in [1.54, 1.807) is 31.2 Å². The third-order valence-electron chi connectivity index (χ3n) is 3.03. The topological polar surface area (TPSA) is 61.8 Å². The molecule has 5 nitrogen and oxygen atoms in total. The summed E-state index contributed by atoms with van der Waals surface area (Å²) in [7, 11) is 0. The monoisotopic (exact) mass is 276 g/mol. The van der Waals surface area contributed by atoms with Gasteiger partial charge in [-0.15, -0.1) is 0 Å². The van der Waals surface area contributed by atoms with Gasteiger partial charge in [0.2, 0.25) is 5.78 Å². The number of benzene rings is 1. The molecule has 0 saturated carbocycles. The molecule has 0 radical (unpaired) electrons. The molecule has 0 aromatic heterocycles. The van der Waals surface area contributed by atoms with Gasteiger partial charge in [0, 0.05) is 13.3 Å². The van der Waals surface area contributed by atoms with Gasteiger partial charge >= 0.3 is 11.8 Å². The van der Waals surface area contributed by atoms with Crippen LogP contribution in [0.25, 0.3) is 0 Å². The minimum Gasteiger partial charge on any atom is -0.454 e. The lowest BCUT2D eigenvalue weighted by atomic mass is 10.1. The Morgan fingerprint density at radius 1 is 1.25 bits per heavy atom. The molecule has 0 saturated heterocycles. The molecule has 0 unspecified atom stereocenters. The molecule has 0 spiro atoms. The van der Waals surface area contributed by atoms with E-state index in [4.69, 9.17) is 14.2 Å². The van der Waals surface area contributed by atoms with Crippen LogP contribution in [0.2, 0.25) is 0 Å². The molecule has 1 heterocycles. The summed E-state index contributed by atoms with van der Waals surface area (Å²) in [6, 6.07) is 8.64. The number of hydrogen-bond donors (Lipinski definition) is 0. The second-order valence-corrected chi connectivity index (χ2v) is 4.41. The molecule has 2 rings (SSSR count). The molecule has 0 N–H and O–H groups in total. The highest BCUT2D eigenvalue weighted by molar-refractivity contribution is 5.89. The first kappa shape index (κ1) is 14.1. The van der Waals surface area contributed by atoms with Crippen molar-refractivity contribution in [2.24, 2.45) is 0 Å². The van der Waals surface area contributed by atoms with E-state index < -0.39 is 11.8 Å². The SMILES string of the molecule is CC[C@@]1(C(C)=O)OC=C(COC(=O)c2ccccc2)O1. The minimum absolute atomic E-state index is 0.0667. The van der Waals surface area contributed by atoms with Gasteiger partial charge in [-0.1, -0.05) is 25.1 Å². The first-order chi connectivity index (χ1) is 9.57. The van der Waals surface area contributed by atoms with Crippen molar-refractivity contribution in [3.63, 3.8) is 0 Å². The Kier molecular flexibility index (Phi) is 4.08. The lowest BCUT2D eigenvalue weighted by Crippen LogP contribution is -2.38. The lowest BCUT2D eigenvalue weighted by molar-refractivity contribution is -0.176. The molecule has 1 aliphatic rings. The highest BCUT2D eigenvalue weighted by Crippen LogP contribution is 2.29. The van der Waals surface area contributed by atoms with Gasteiger partial charge in [0.1, 0.15) is 6.26 Å². The van der Waals surface area contributed by atoms with Crippen LogP contribution in [0.1, 0.15) is 30.6 Å². The lowest BCUT2D eigenvalue weighted by Gasteiger charge is -2.23. The highest BCUT2D eigenvalue weighted by Gasteiger charge is 2.42. The molecule has 1 aromatic rings. The molecule has 1 aromatic carbocycles. The quantitative estimate of drug-likeness (QED) is 0.773. The van der Waals surface area contributed by atoms with Crippen LogP contribution in [0, 0.1) is 0 Å². The minimum atomic E-state index is -1.27. The fourth-order valence-corrected chi connectivity index (χ4v) is 1.84. The van der Waals surface area contributed by atoms with Gasteiger partial charge in [0.15, 0.2) is 12.4 Å². The van der Waals surface area contributed by atoms with Gasteiger partial charge < -0.3 is 14.2 Å². The second kappa shape index (κ2) is 5.77. The fourth-order valence-electron chi connectivity index (χ4n) is 1.84. The first-order valence-electron chi connectivity index (χ1n) is 6.36. The van der Waals surface area contributed by atoms with Gasteiger partial charge in [-0.25, -0.2) is 4.79 Å². The molecule has 0 aliphatic carbocycles. The van der Waals surface area contributed by atoms with Gasteiger partial charge in [0.25, 0.3) is 0 Å². The van der Waals surface area contributed by atoms with E-state index in [0.29, 0.717) is 17.7 Å². The molecule has 1 atom stereocenters. The number of ether oxygens (including phenoxy) is 3. The molecule has 106 valence electrons. The Morgan fingerprint density at radius 2 is 1.95 bits per heavy atom. The number of carbonyl (C=O) groups is 2. The average molecular weight is 276 g/mol. The van der Waals surface area contributed by atoms with Crippen molar-refractivity contribution in [2.45, 2.75) is 26.1 Å². The maximum absolute atomic E-state index is 11.8. The van der Waals surface area contributed by atoms with E-state index in [-0.39, 0.29) is 12.4 Å². The average Bonchev–Trinajstić information content (AvgIpc) is 2.91. The Balaban J connectivity index is 1.90. The number of hydrogen-bond acceptors (Lipinski definition) is 5. The van der Waals surface area contributed by atoms with Crippen LogP contribution >= 0.6 is 0 Å². The van der Waals surface area contributed by atoms with E-state index in [0.717, 1.165) is 0 Å². The summed E-state index contributed by atoms with van der Waals surface area (Å²) in [4.78, 5) is 23.3. The van der Waals surface area contributed by atoms with Crippen LogP contribution < -0.4 is 0 Å². The van der Waals surface area contributed by atoms with Crippen molar-refractivity contribution in [3.05, 3.63) is 47.9 Å². The second-order valence-electron chi connectivity index (χ2n) is 4.41. The zero-order valence-corrected chi connectivity index (χ0v) is 11.4. The van der Waals surface area contributed by atoms with Crippen molar-refractivity contribution < 1.29 is 23.8 Å². The van der Waals surface area contributed by atoms with Crippen molar-refractivity contribution in [1.82, 2.24) is 0 Å². The number of esters is 1. The van der Waals surface area contributed by atoms with Crippen LogP contribution in [0.15, 0.2) is 42.4 Å².